The summed E-state index contributed by atoms with van der Waals surface area (Å²) in [5.74, 6) is -0.680. The van der Waals surface area contributed by atoms with E-state index in [0.29, 0.717) is 5.56 Å². The molecule has 1 rings (SSSR count). The summed E-state index contributed by atoms with van der Waals surface area (Å²) in [4.78, 5) is 24.1. The lowest BCUT2D eigenvalue weighted by atomic mass is 9.99. The van der Waals surface area contributed by atoms with Crippen LogP contribution < -0.4 is 5.32 Å². The summed E-state index contributed by atoms with van der Waals surface area (Å²) in [6.07, 6.45) is 0.773. The lowest BCUT2D eigenvalue weighted by Crippen LogP contribution is -2.45. The molecule has 1 aromatic carbocycles. The van der Waals surface area contributed by atoms with Crippen LogP contribution in [0.25, 0.3) is 0 Å². The Hall–Kier alpha value is -0.630. The lowest BCUT2D eigenvalue weighted by molar-refractivity contribution is -0.144. The van der Waals surface area contributed by atoms with Crippen molar-refractivity contribution in [2.24, 2.45) is 5.92 Å². The van der Waals surface area contributed by atoms with Gasteiger partial charge in [-0.25, -0.2) is 4.79 Å². The third kappa shape index (κ3) is 4.44. The number of carbonyl (C=O) groups is 2. The second-order valence-corrected chi connectivity index (χ2v) is 6.56. The predicted octanol–water partition coefficient (Wildman–Crippen LogP) is 3.37. The molecule has 110 valence electrons. The molecule has 2 atom stereocenters. The van der Waals surface area contributed by atoms with Crippen LogP contribution in [0.5, 0.6) is 0 Å². The number of benzene rings is 1. The van der Waals surface area contributed by atoms with Crippen LogP contribution >= 0.6 is 38.5 Å². The molecule has 1 aromatic rings. The fraction of sp³-hybridized carbons (Fsp3) is 0.429. The molecule has 4 nitrogen and oxygen atoms in total. The minimum atomic E-state index is -0.632. The number of nitrogens with one attached hydrogen (secondary N) is 1. The molecule has 6 heteroatoms. The van der Waals surface area contributed by atoms with Crippen LogP contribution in [0.1, 0.15) is 30.6 Å². The van der Waals surface area contributed by atoms with E-state index in [1.165, 1.54) is 7.11 Å². The van der Waals surface area contributed by atoms with Gasteiger partial charge in [0.1, 0.15) is 6.04 Å². The van der Waals surface area contributed by atoms with Crippen LogP contribution in [0, 0.1) is 9.49 Å². The second kappa shape index (κ2) is 7.97. The van der Waals surface area contributed by atoms with Gasteiger partial charge < -0.3 is 10.1 Å². The van der Waals surface area contributed by atoms with E-state index >= 15 is 0 Å². The molecule has 0 bridgehead atoms. The molecule has 0 heterocycles. The zero-order valence-electron chi connectivity index (χ0n) is 11.6. The van der Waals surface area contributed by atoms with Crippen LogP contribution in [0.3, 0.4) is 0 Å². The number of hydrogen-bond acceptors (Lipinski definition) is 3. The van der Waals surface area contributed by atoms with Crippen LogP contribution in [0.15, 0.2) is 22.7 Å². The Morgan fingerprint density at radius 2 is 2.10 bits per heavy atom. The average molecular weight is 454 g/mol. The van der Waals surface area contributed by atoms with Gasteiger partial charge in [0.2, 0.25) is 0 Å². The zero-order valence-corrected chi connectivity index (χ0v) is 15.3. The molecule has 1 N–H and O–H groups in total. The first-order valence-electron chi connectivity index (χ1n) is 6.24. The Labute approximate surface area is 140 Å². The van der Waals surface area contributed by atoms with E-state index in [1.807, 2.05) is 26.0 Å². The SMILES string of the molecule is CCC(C)C(NC(=O)c1cc(Br)ccc1I)C(=O)OC. The normalized spacial score (nSPS) is 13.4. The summed E-state index contributed by atoms with van der Waals surface area (Å²) in [5.41, 5.74) is 0.539. The summed E-state index contributed by atoms with van der Waals surface area (Å²) in [6, 6.07) is 4.82. The van der Waals surface area contributed by atoms with Crippen molar-refractivity contribution >= 4 is 50.4 Å². The van der Waals surface area contributed by atoms with Crippen molar-refractivity contribution in [1.82, 2.24) is 5.32 Å². The summed E-state index contributed by atoms with van der Waals surface area (Å²) < 4.78 is 6.41. The van der Waals surface area contributed by atoms with Gasteiger partial charge in [-0.05, 0) is 46.7 Å². The topological polar surface area (TPSA) is 55.4 Å². The Morgan fingerprint density at radius 3 is 2.65 bits per heavy atom. The van der Waals surface area contributed by atoms with Gasteiger partial charge in [-0.2, -0.15) is 0 Å². The van der Waals surface area contributed by atoms with Crippen molar-refractivity contribution in [3.8, 4) is 0 Å². The number of hydrogen-bond donors (Lipinski definition) is 1. The van der Waals surface area contributed by atoms with E-state index in [1.54, 1.807) is 6.07 Å². The van der Waals surface area contributed by atoms with Crippen molar-refractivity contribution < 1.29 is 14.3 Å². The van der Waals surface area contributed by atoms with Crippen LogP contribution in [0.4, 0.5) is 0 Å². The van der Waals surface area contributed by atoms with Crippen molar-refractivity contribution in [1.29, 1.82) is 0 Å². The Kier molecular flexibility index (Phi) is 6.94. The number of carbonyl (C=O) groups excluding carboxylic acids is 2. The standard InChI is InChI=1S/C14H17BrINO3/c1-4-8(2)12(14(19)20-3)17-13(18)10-7-9(15)5-6-11(10)16/h5-8,12H,4H2,1-3H3,(H,17,18). The van der Waals surface area contributed by atoms with E-state index < -0.39 is 12.0 Å². The van der Waals surface area contributed by atoms with Crippen LogP contribution in [-0.4, -0.2) is 25.0 Å². The fourth-order valence-electron chi connectivity index (χ4n) is 1.69. The largest absolute Gasteiger partial charge is 0.467 e. The van der Waals surface area contributed by atoms with Gasteiger partial charge in [0.25, 0.3) is 5.91 Å². The number of amides is 1. The molecule has 20 heavy (non-hydrogen) atoms. The molecule has 0 aliphatic rings. The highest BCUT2D eigenvalue weighted by Gasteiger charge is 2.27. The van der Waals surface area contributed by atoms with Crippen molar-refractivity contribution in [2.45, 2.75) is 26.3 Å². The maximum atomic E-state index is 12.3. The summed E-state index contributed by atoms with van der Waals surface area (Å²) >= 11 is 5.44. The van der Waals surface area contributed by atoms with Gasteiger partial charge >= 0.3 is 5.97 Å². The van der Waals surface area contributed by atoms with E-state index in [-0.39, 0.29) is 11.8 Å². The predicted molar refractivity (Wildman–Crippen MR) is 89.6 cm³/mol. The van der Waals surface area contributed by atoms with E-state index in [9.17, 15) is 9.59 Å². The number of esters is 1. The second-order valence-electron chi connectivity index (χ2n) is 4.48. The first-order chi connectivity index (χ1) is 9.40. The zero-order chi connectivity index (χ0) is 15.3. The van der Waals surface area contributed by atoms with Crippen molar-refractivity contribution in [2.75, 3.05) is 7.11 Å². The highest BCUT2D eigenvalue weighted by atomic mass is 127. The molecule has 0 aromatic heterocycles. The Morgan fingerprint density at radius 1 is 1.45 bits per heavy atom. The van der Waals surface area contributed by atoms with Crippen molar-refractivity contribution in [3.05, 3.63) is 31.8 Å². The van der Waals surface area contributed by atoms with Gasteiger partial charge in [-0.3, -0.25) is 4.79 Å². The van der Waals surface area contributed by atoms with E-state index in [2.05, 4.69) is 43.8 Å². The fourth-order valence-corrected chi connectivity index (χ4v) is 2.63. The van der Waals surface area contributed by atoms with Gasteiger partial charge in [0.05, 0.1) is 12.7 Å². The van der Waals surface area contributed by atoms with Gasteiger partial charge in [-0.1, -0.05) is 36.2 Å². The summed E-state index contributed by atoms with van der Waals surface area (Å²) in [6.45, 7) is 3.88. The number of halogens is 2. The quantitative estimate of drug-likeness (QED) is 0.549. The van der Waals surface area contributed by atoms with Gasteiger partial charge in [0, 0.05) is 8.04 Å². The molecule has 2 unspecified atom stereocenters. The number of methoxy groups -OCH3 is 1. The van der Waals surface area contributed by atoms with Gasteiger partial charge in [-0.15, -0.1) is 0 Å². The summed E-state index contributed by atoms with van der Waals surface area (Å²) in [5, 5.41) is 2.76. The first-order valence-corrected chi connectivity index (χ1v) is 8.11. The molecule has 0 aliphatic carbocycles. The first kappa shape index (κ1) is 17.4. The minimum absolute atomic E-state index is 0.0104. The van der Waals surface area contributed by atoms with Crippen LogP contribution in [-0.2, 0) is 9.53 Å². The molecule has 0 aliphatic heterocycles. The Balaban J connectivity index is 2.96. The Bertz CT molecular complexity index is 507. The molecule has 0 radical (unpaired) electrons. The highest BCUT2D eigenvalue weighted by molar-refractivity contribution is 14.1. The molecule has 0 spiro atoms. The third-order valence-corrected chi connectivity index (χ3v) is 4.56. The van der Waals surface area contributed by atoms with Gasteiger partial charge in [0.15, 0.2) is 0 Å². The number of rotatable bonds is 5. The van der Waals surface area contributed by atoms with Crippen LogP contribution in [0.2, 0.25) is 0 Å². The average Bonchev–Trinajstić information content (AvgIpc) is 2.45. The number of ether oxygens (including phenoxy) is 1. The highest BCUT2D eigenvalue weighted by Crippen LogP contribution is 2.19. The summed E-state index contributed by atoms with van der Waals surface area (Å²) in [7, 11) is 1.33. The van der Waals surface area contributed by atoms with E-state index in [0.717, 1.165) is 14.5 Å². The van der Waals surface area contributed by atoms with Crippen molar-refractivity contribution in [3.63, 3.8) is 0 Å². The molecular weight excluding hydrogens is 437 g/mol. The molecule has 0 fully saturated rings. The lowest BCUT2D eigenvalue weighted by Gasteiger charge is -2.22. The maximum absolute atomic E-state index is 12.3. The van der Waals surface area contributed by atoms with E-state index in [4.69, 9.17) is 4.74 Å². The molecular formula is C14H17BrINO3. The third-order valence-electron chi connectivity index (χ3n) is 3.13. The molecule has 0 saturated heterocycles. The monoisotopic (exact) mass is 453 g/mol. The molecule has 1 amide bonds. The minimum Gasteiger partial charge on any atom is -0.467 e. The maximum Gasteiger partial charge on any atom is 0.328 e. The molecule has 0 saturated carbocycles. The smallest absolute Gasteiger partial charge is 0.328 e.